The van der Waals surface area contributed by atoms with Crippen molar-refractivity contribution in [3.63, 3.8) is 0 Å². The van der Waals surface area contributed by atoms with Crippen molar-refractivity contribution in [2.45, 2.75) is 32.7 Å². The van der Waals surface area contributed by atoms with Gasteiger partial charge in [-0.05, 0) is 37.8 Å². The van der Waals surface area contributed by atoms with Crippen molar-refractivity contribution in [3.8, 4) is 0 Å². The van der Waals surface area contributed by atoms with Gasteiger partial charge >= 0.3 is 0 Å². The lowest BCUT2D eigenvalue weighted by Crippen LogP contribution is -2.30. The molecule has 0 bridgehead atoms. The van der Waals surface area contributed by atoms with Gasteiger partial charge in [0, 0.05) is 43.6 Å². The van der Waals surface area contributed by atoms with Crippen LogP contribution in [0.4, 0.5) is 0 Å². The summed E-state index contributed by atoms with van der Waals surface area (Å²) >= 11 is 0. The molecule has 3 nitrogen and oxygen atoms in total. The topological polar surface area (TPSA) is 24.5 Å². The van der Waals surface area contributed by atoms with Crippen LogP contribution in [0.1, 0.15) is 26.7 Å². The normalized spacial score (nSPS) is 30.0. The van der Waals surface area contributed by atoms with Gasteiger partial charge in [0.05, 0.1) is 6.61 Å². The van der Waals surface area contributed by atoms with Crippen molar-refractivity contribution < 1.29 is 4.74 Å². The molecule has 3 rings (SSSR count). The number of nitrogens with one attached hydrogen (secondary N) is 1. The summed E-state index contributed by atoms with van der Waals surface area (Å²) < 4.78 is 5.66. The van der Waals surface area contributed by atoms with Gasteiger partial charge in [0.2, 0.25) is 0 Å². The standard InChI is InChI=1S/C16H24N2O/c1-3-19-11-13-7-9-18-10-8-17-12(2)14-5-4-6-15(13)16(14)18/h5,7,9,12-13,17H,3-4,6,8,10-11H2,1-2H3. The highest BCUT2D eigenvalue weighted by atomic mass is 16.5. The van der Waals surface area contributed by atoms with Crippen molar-refractivity contribution in [1.82, 2.24) is 10.2 Å². The van der Waals surface area contributed by atoms with Crippen molar-refractivity contribution in [3.05, 3.63) is 35.2 Å². The summed E-state index contributed by atoms with van der Waals surface area (Å²) in [4.78, 5) is 2.43. The first kappa shape index (κ1) is 12.9. The van der Waals surface area contributed by atoms with Gasteiger partial charge in [0.15, 0.2) is 0 Å². The first-order valence-corrected chi connectivity index (χ1v) is 7.50. The third-order valence-electron chi connectivity index (χ3n) is 4.36. The number of ether oxygens (including phenoxy) is 1. The van der Waals surface area contributed by atoms with E-state index in [0.717, 1.165) is 26.3 Å². The fourth-order valence-electron chi connectivity index (χ4n) is 3.37. The molecule has 2 aliphatic heterocycles. The second kappa shape index (κ2) is 5.51. The number of allylic oxidation sites excluding steroid dienone is 1. The Labute approximate surface area is 116 Å². The molecule has 0 amide bonds. The molecule has 2 atom stereocenters. The minimum atomic E-state index is 0.467. The Hall–Kier alpha value is -1.06. The third kappa shape index (κ3) is 2.37. The molecule has 1 aliphatic carbocycles. The van der Waals surface area contributed by atoms with E-state index in [1.807, 2.05) is 0 Å². The summed E-state index contributed by atoms with van der Waals surface area (Å²) in [7, 11) is 0. The number of nitrogens with zero attached hydrogens (tertiary/aromatic N) is 1. The van der Waals surface area contributed by atoms with E-state index >= 15 is 0 Å². The second-order valence-electron chi connectivity index (χ2n) is 5.55. The molecule has 3 heteroatoms. The Kier molecular flexibility index (Phi) is 3.76. The Morgan fingerprint density at radius 2 is 2.37 bits per heavy atom. The van der Waals surface area contributed by atoms with E-state index < -0.39 is 0 Å². The van der Waals surface area contributed by atoms with E-state index in [9.17, 15) is 0 Å². The predicted molar refractivity (Wildman–Crippen MR) is 77.6 cm³/mol. The van der Waals surface area contributed by atoms with Crippen LogP contribution in [-0.4, -0.2) is 37.2 Å². The Balaban J connectivity index is 1.94. The Morgan fingerprint density at radius 3 is 3.21 bits per heavy atom. The van der Waals surface area contributed by atoms with Crippen molar-refractivity contribution in [2.75, 3.05) is 26.3 Å². The molecule has 2 heterocycles. The van der Waals surface area contributed by atoms with Gasteiger partial charge in [0.1, 0.15) is 0 Å². The lowest BCUT2D eigenvalue weighted by atomic mass is 9.83. The van der Waals surface area contributed by atoms with Crippen LogP contribution < -0.4 is 5.32 Å². The molecular weight excluding hydrogens is 236 g/mol. The Morgan fingerprint density at radius 1 is 1.47 bits per heavy atom. The average Bonchev–Trinajstić information content (AvgIpc) is 2.60. The molecule has 0 aromatic heterocycles. The summed E-state index contributed by atoms with van der Waals surface area (Å²) in [5, 5.41) is 3.61. The van der Waals surface area contributed by atoms with Gasteiger partial charge in [-0.3, -0.25) is 0 Å². The van der Waals surface area contributed by atoms with E-state index in [2.05, 4.69) is 42.4 Å². The van der Waals surface area contributed by atoms with Crippen LogP contribution in [-0.2, 0) is 4.74 Å². The Bertz CT molecular complexity index is 436. The lowest BCUT2D eigenvalue weighted by molar-refractivity contribution is 0.130. The van der Waals surface area contributed by atoms with Gasteiger partial charge in [-0.2, -0.15) is 0 Å². The summed E-state index contributed by atoms with van der Waals surface area (Å²) in [5.74, 6) is 0.472. The summed E-state index contributed by atoms with van der Waals surface area (Å²) in [6.07, 6.45) is 9.37. The lowest BCUT2D eigenvalue weighted by Gasteiger charge is -2.36. The number of hydrogen-bond donors (Lipinski definition) is 1. The zero-order chi connectivity index (χ0) is 13.2. The van der Waals surface area contributed by atoms with Gasteiger partial charge in [-0.25, -0.2) is 0 Å². The van der Waals surface area contributed by atoms with Crippen LogP contribution in [0.25, 0.3) is 0 Å². The first-order chi connectivity index (χ1) is 9.31. The molecule has 3 aliphatic rings. The van der Waals surface area contributed by atoms with Gasteiger partial charge in [0.25, 0.3) is 0 Å². The summed E-state index contributed by atoms with van der Waals surface area (Å²) in [6, 6.07) is 0.467. The largest absolute Gasteiger partial charge is 0.381 e. The first-order valence-electron chi connectivity index (χ1n) is 7.50. The summed E-state index contributed by atoms with van der Waals surface area (Å²) in [6.45, 7) is 8.10. The fraction of sp³-hybridized carbons (Fsp3) is 0.625. The number of hydrogen-bond acceptors (Lipinski definition) is 3. The molecular formula is C16H24N2O. The second-order valence-corrected chi connectivity index (χ2v) is 5.55. The van der Waals surface area contributed by atoms with Crippen LogP contribution in [0.5, 0.6) is 0 Å². The molecule has 0 radical (unpaired) electrons. The van der Waals surface area contributed by atoms with Crippen LogP contribution in [0.3, 0.4) is 0 Å². The third-order valence-corrected chi connectivity index (χ3v) is 4.36. The van der Waals surface area contributed by atoms with E-state index in [-0.39, 0.29) is 0 Å². The molecule has 0 spiro atoms. The maximum atomic E-state index is 5.66. The molecule has 19 heavy (non-hydrogen) atoms. The maximum absolute atomic E-state index is 5.66. The SMILES string of the molecule is CCOCC1C=CN2CCNC(C)C3=CCCC1=C32. The van der Waals surface area contributed by atoms with E-state index in [0.29, 0.717) is 12.0 Å². The maximum Gasteiger partial charge on any atom is 0.0567 e. The average molecular weight is 260 g/mol. The van der Waals surface area contributed by atoms with Crippen LogP contribution >= 0.6 is 0 Å². The van der Waals surface area contributed by atoms with Crippen molar-refractivity contribution in [1.29, 1.82) is 0 Å². The molecule has 1 saturated heterocycles. The van der Waals surface area contributed by atoms with Crippen LogP contribution in [0.2, 0.25) is 0 Å². The quantitative estimate of drug-likeness (QED) is 0.843. The molecule has 1 N–H and O–H groups in total. The van der Waals surface area contributed by atoms with Crippen LogP contribution in [0, 0.1) is 5.92 Å². The van der Waals surface area contributed by atoms with Gasteiger partial charge < -0.3 is 15.0 Å². The minimum Gasteiger partial charge on any atom is -0.381 e. The van der Waals surface area contributed by atoms with Gasteiger partial charge in [-0.1, -0.05) is 12.2 Å². The van der Waals surface area contributed by atoms with E-state index in [1.54, 1.807) is 5.57 Å². The summed E-state index contributed by atoms with van der Waals surface area (Å²) in [5.41, 5.74) is 4.56. The van der Waals surface area contributed by atoms with Crippen LogP contribution in [0.15, 0.2) is 35.2 Å². The van der Waals surface area contributed by atoms with E-state index in [1.165, 1.54) is 24.1 Å². The monoisotopic (exact) mass is 260 g/mol. The molecule has 1 fully saturated rings. The zero-order valence-electron chi connectivity index (χ0n) is 12.0. The molecule has 0 aromatic rings. The number of rotatable bonds is 3. The van der Waals surface area contributed by atoms with E-state index in [4.69, 9.17) is 4.74 Å². The predicted octanol–water partition coefficient (Wildman–Crippen LogP) is 2.43. The molecule has 2 unspecified atom stereocenters. The van der Waals surface area contributed by atoms with Gasteiger partial charge in [-0.15, -0.1) is 0 Å². The molecule has 104 valence electrons. The smallest absolute Gasteiger partial charge is 0.0567 e. The highest BCUT2D eigenvalue weighted by Crippen LogP contribution is 2.38. The molecule has 0 aromatic carbocycles. The fourth-order valence-corrected chi connectivity index (χ4v) is 3.37. The minimum absolute atomic E-state index is 0.467. The zero-order valence-corrected chi connectivity index (χ0v) is 12.0. The van der Waals surface area contributed by atoms with Crippen molar-refractivity contribution >= 4 is 0 Å². The van der Waals surface area contributed by atoms with Crippen molar-refractivity contribution in [2.24, 2.45) is 5.92 Å². The molecule has 0 saturated carbocycles. The highest BCUT2D eigenvalue weighted by molar-refractivity contribution is 5.46. The highest BCUT2D eigenvalue weighted by Gasteiger charge is 2.31.